The molecule has 282 valence electrons. The molecule has 0 radical (unpaired) electrons. The zero-order valence-corrected chi connectivity index (χ0v) is 33.4. The summed E-state index contributed by atoms with van der Waals surface area (Å²) in [5.74, 6) is 0. The van der Waals surface area contributed by atoms with Gasteiger partial charge < -0.3 is 9.32 Å². The molecule has 0 saturated heterocycles. The number of para-hydroxylation sites is 2. The molecule has 3 aliphatic rings. The molecule has 0 bridgehead atoms. The van der Waals surface area contributed by atoms with Gasteiger partial charge in [0.1, 0.15) is 11.2 Å². The van der Waals surface area contributed by atoms with Crippen LogP contribution in [-0.2, 0) is 10.8 Å². The highest BCUT2D eigenvalue weighted by atomic mass is 16.3. The molecule has 0 N–H and O–H groups in total. The molecule has 0 saturated carbocycles. The molecule has 60 heavy (non-hydrogen) atoms. The maximum absolute atomic E-state index is 6.51. The van der Waals surface area contributed by atoms with Crippen LogP contribution in [0.2, 0.25) is 0 Å². The van der Waals surface area contributed by atoms with Gasteiger partial charge in [0.2, 0.25) is 0 Å². The van der Waals surface area contributed by atoms with Crippen LogP contribution in [0.3, 0.4) is 0 Å². The number of hydrogen-bond donors (Lipinski definition) is 0. The molecular formula is C58H39NO. The van der Waals surface area contributed by atoms with Crippen LogP contribution in [0, 0.1) is 0 Å². The average Bonchev–Trinajstić information content (AvgIpc) is 3.99. The predicted octanol–water partition coefficient (Wildman–Crippen LogP) is 15.4. The van der Waals surface area contributed by atoms with Crippen LogP contribution in [-0.4, -0.2) is 0 Å². The third-order valence-electron chi connectivity index (χ3n) is 13.9. The molecule has 0 fully saturated rings. The maximum Gasteiger partial charge on any atom is 0.143 e. The van der Waals surface area contributed by atoms with Crippen molar-refractivity contribution in [3.63, 3.8) is 0 Å². The van der Waals surface area contributed by atoms with Gasteiger partial charge in [-0.1, -0.05) is 178 Å². The zero-order chi connectivity index (χ0) is 39.7. The fourth-order valence-corrected chi connectivity index (χ4v) is 11.3. The van der Waals surface area contributed by atoms with Crippen LogP contribution in [0.25, 0.3) is 66.4 Å². The SMILES string of the molecule is CC1(C)c2ccccc2-c2c(N(c3ccc(-c4cccc5c4oc4ccccc45)cc3)c3ccc4c(c3)C3(c5ccccc5-c5ccccc53)c3ccccc3-4)cccc21. The lowest BCUT2D eigenvalue weighted by atomic mass is 9.70. The fraction of sp³-hybridized carbons (Fsp3) is 0.0690. The van der Waals surface area contributed by atoms with Gasteiger partial charge in [-0.25, -0.2) is 0 Å². The van der Waals surface area contributed by atoms with Gasteiger partial charge >= 0.3 is 0 Å². The Hall–Kier alpha value is -7.42. The van der Waals surface area contributed by atoms with Crippen LogP contribution in [0.5, 0.6) is 0 Å². The van der Waals surface area contributed by atoms with E-state index in [1.165, 1.54) is 72.4 Å². The fourth-order valence-electron chi connectivity index (χ4n) is 11.3. The van der Waals surface area contributed by atoms with Gasteiger partial charge in [-0.15, -0.1) is 0 Å². The third-order valence-corrected chi connectivity index (χ3v) is 13.9. The Morgan fingerprint density at radius 1 is 0.383 bits per heavy atom. The molecule has 0 atom stereocenters. The maximum atomic E-state index is 6.51. The van der Waals surface area contributed by atoms with Gasteiger partial charge in [-0.2, -0.15) is 0 Å². The van der Waals surface area contributed by atoms with Crippen molar-refractivity contribution in [3.8, 4) is 44.5 Å². The molecule has 1 heterocycles. The van der Waals surface area contributed by atoms with Crippen molar-refractivity contribution >= 4 is 39.0 Å². The molecule has 3 aliphatic carbocycles. The van der Waals surface area contributed by atoms with Crippen molar-refractivity contribution in [2.75, 3.05) is 4.90 Å². The van der Waals surface area contributed by atoms with Gasteiger partial charge in [0.05, 0.1) is 11.1 Å². The highest BCUT2D eigenvalue weighted by Gasteiger charge is 2.51. The first-order valence-corrected chi connectivity index (χ1v) is 21.0. The van der Waals surface area contributed by atoms with Crippen LogP contribution in [0.1, 0.15) is 47.2 Å². The first-order chi connectivity index (χ1) is 29.5. The zero-order valence-electron chi connectivity index (χ0n) is 33.4. The Morgan fingerprint density at radius 2 is 0.900 bits per heavy atom. The molecule has 0 unspecified atom stereocenters. The molecule has 2 heteroatoms. The quantitative estimate of drug-likeness (QED) is 0.177. The summed E-state index contributed by atoms with van der Waals surface area (Å²) >= 11 is 0. The molecule has 10 aromatic rings. The highest BCUT2D eigenvalue weighted by molar-refractivity contribution is 6.09. The van der Waals surface area contributed by atoms with Gasteiger partial charge in [-0.3, -0.25) is 0 Å². The molecular weight excluding hydrogens is 727 g/mol. The van der Waals surface area contributed by atoms with E-state index in [1.54, 1.807) is 0 Å². The molecule has 0 aliphatic heterocycles. The second kappa shape index (κ2) is 12.1. The number of anilines is 3. The molecule has 2 nitrogen and oxygen atoms in total. The monoisotopic (exact) mass is 765 g/mol. The van der Waals surface area contributed by atoms with Gasteiger partial charge in [0, 0.05) is 38.7 Å². The number of hydrogen-bond acceptors (Lipinski definition) is 2. The number of rotatable bonds is 4. The van der Waals surface area contributed by atoms with E-state index >= 15 is 0 Å². The summed E-state index contributed by atoms with van der Waals surface area (Å²) in [6, 6.07) is 74.2. The van der Waals surface area contributed by atoms with Gasteiger partial charge in [-0.05, 0) is 103 Å². The van der Waals surface area contributed by atoms with E-state index in [0.717, 1.165) is 44.4 Å². The van der Waals surface area contributed by atoms with Gasteiger partial charge in [0.15, 0.2) is 0 Å². The van der Waals surface area contributed by atoms with E-state index in [2.05, 4.69) is 213 Å². The standard InChI is InChI=1S/C58H39NO/c1-57(2)47-22-8-6-19-46(47)55-51(57)26-14-27-53(55)59(37-31-29-36(30-32-37)39-20-13-21-45-44-18-7-12-28-54(44)60-56(39)45)38-33-34-43-42-17-5-11-25-50(42)58(52(43)35-38)48-23-9-3-15-40(48)41-16-4-10-24-49(41)58/h3-35H,1-2H3. The summed E-state index contributed by atoms with van der Waals surface area (Å²) in [4.78, 5) is 2.51. The molecule has 1 aromatic heterocycles. The minimum absolute atomic E-state index is 0.135. The highest BCUT2D eigenvalue weighted by Crippen LogP contribution is 2.64. The first-order valence-electron chi connectivity index (χ1n) is 21.0. The van der Waals surface area contributed by atoms with Crippen molar-refractivity contribution in [1.29, 1.82) is 0 Å². The third kappa shape index (κ3) is 4.27. The summed E-state index contributed by atoms with van der Waals surface area (Å²) in [5.41, 5.74) is 22.8. The van der Waals surface area contributed by atoms with E-state index in [-0.39, 0.29) is 5.41 Å². The molecule has 0 amide bonds. The lowest BCUT2D eigenvalue weighted by Gasteiger charge is -2.33. The summed E-state index contributed by atoms with van der Waals surface area (Å²) in [6.07, 6.45) is 0. The lowest BCUT2D eigenvalue weighted by Crippen LogP contribution is -2.26. The first kappa shape index (κ1) is 33.5. The van der Waals surface area contributed by atoms with E-state index in [9.17, 15) is 0 Å². The second-order valence-electron chi connectivity index (χ2n) is 17.1. The van der Waals surface area contributed by atoms with Crippen molar-refractivity contribution < 1.29 is 4.42 Å². The Labute approximate surface area is 349 Å². The lowest BCUT2D eigenvalue weighted by molar-refractivity contribution is 0.660. The minimum atomic E-state index is -0.441. The van der Waals surface area contributed by atoms with E-state index < -0.39 is 5.41 Å². The summed E-state index contributed by atoms with van der Waals surface area (Å²) < 4.78 is 6.51. The van der Waals surface area contributed by atoms with Crippen molar-refractivity contribution in [2.45, 2.75) is 24.7 Å². The Kier molecular flexibility index (Phi) is 6.74. The van der Waals surface area contributed by atoms with Crippen LogP contribution in [0.15, 0.2) is 205 Å². The molecule has 13 rings (SSSR count). The van der Waals surface area contributed by atoms with Crippen molar-refractivity contribution in [2.24, 2.45) is 0 Å². The topological polar surface area (TPSA) is 16.4 Å². The Balaban J connectivity index is 1.06. The second-order valence-corrected chi connectivity index (χ2v) is 17.1. The summed E-state index contributed by atoms with van der Waals surface area (Å²) in [5, 5.41) is 2.28. The van der Waals surface area contributed by atoms with Gasteiger partial charge in [0.25, 0.3) is 0 Å². The number of nitrogens with zero attached hydrogens (tertiary/aromatic N) is 1. The Morgan fingerprint density at radius 3 is 1.60 bits per heavy atom. The molecule has 1 spiro atoms. The summed E-state index contributed by atoms with van der Waals surface area (Å²) in [6.45, 7) is 4.73. The van der Waals surface area contributed by atoms with E-state index in [0.29, 0.717) is 0 Å². The van der Waals surface area contributed by atoms with Crippen LogP contribution >= 0.6 is 0 Å². The van der Waals surface area contributed by atoms with E-state index in [1.807, 2.05) is 6.07 Å². The normalized spacial score (nSPS) is 14.4. The largest absolute Gasteiger partial charge is 0.455 e. The smallest absolute Gasteiger partial charge is 0.143 e. The average molecular weight is 766 g/mol. The predicted molar refractivity (Wildman–Crippen MR) is 248 cm³/mol. The van der Waals surface area contributed by atoms with E-state index in [4.69, 9.17) is 4.42 Å². The van der Waals surface area contributed by atoms with Crippen LogP contribution < -0.4 is 4.90 Å². The Bertz CT molecular complexity index is 3360. The molecule has 9 aromatic carbocycles. The van der Waals surface area contributed by atoms with Crippen LogP contribution in [0.4, 0.5) is 17.1 Å². The number of furan rings is 1. The summed E-state index contributed by atoms with van der Waals surface area (Å²) in [7, 11) is 0. The van der Waals surface area contributed by atoms with Crippen molar-refractivity contribution in [3.05, 3.63) is 234 Å². The number of benzene rings is 9. The van der Waals surface area contributed by atoms with Crippen molar-refractivity contribution in [1.82, 2.24) is 0 Å². The minimum Gasteiger partial charge on any atom is -0.455 e. The number of fused-ring (bicyclic) bond motifs is 16.